The minimum absolute atomic E-state index is 0.253. The van der Waals surface area contributed by atoms with Gasteiger partial charge in [0.2, 0.25) is 6.71 Å². The summed E-state index contributed by atoms with van der Waals surface area (Å²) in [5.41, 5.74) is 4.02. The summed E-state index contributed by atoms with van der Waals surface area (Å²) in [5, 5.41) is 2.62. The summed E-state index contributed by atoms with van der Waals surface area (Å²) in [5.74, 6) is 0. The second-order valence-corrected chi connectivity index (χ2v) is 5.82. The Bertz CT molecular complexity index is 869. The van der Waals surface area contributed by atoms with Crippen LogP contribution < -0.4 is 16.4 Å². The molecule has 0 heterocycles. The van der Waals surface area contributed by atoms with Gasteiger partial charge in [-0.25, -0.2) is 0 Å². The molecular weight excluding hydrogens is 275 g/mol. The number of hydrogen-bond donors (Lipinski definition) is 0. The molecule has 23 heavy (non-hydrogen) atoms. The molecule has 0 aliphatic carbocycles. The van der Waals surface area contributed by atoms with Crippen LogP contribution in [0.3, 0.4) is 0 Å². The standard InChI is InChI=1S/C22H17B/c1-3-12-19(13-4-1)23(20-14-5-2-6-15-20)22-17-9-11-18-10-7-8-16-21(18)22/h1-17H. The number of hydrogen-bond acceptors (Lipinski definition) is 0. The zero-order valence-electron chi connectivity index (χ0n) is 12.9. The van der Waals surface area contributed by atoms with Crippen LogP contribution in [-0.4, -0.2) is 6.71 Å². The van der Waals surface area contributed by atoms with Crippen LogP contribution in [0.1, 0.15) is 0 Å². The fourth-order valence-electron chi connectivity index (χ4n) is 3.34. The molecule has 0 aliphatic rings. The van der Waals surface area contributed by atoms with Crippen LogP contribution in [0.15, 0.2) is 103 Å². The van der Waals surface area contributed by atoms with Gasteiger partial charge in [0.25, 0.3) is 0 Å². The molecule has 0 unspecified atom stereocenters. The normalized spacial score (nSPS) is 10.6. The van der Waals surface area contributed by atoms with E-state index in [2.05, 4.69) is 103 Å². The van der Waals surface area contributed by atoms with Crippen molar-refractivity contribution in [1.82, 2.24) is 0 Å². The van der Waals surface area contributed by atoms with E-state index in [0.29, 0.717) is 0 Å². The van der Waals surface area contributed by atoms with Crippen molar-refractivity contribution in [2.75, 3.05) is 0 Å². The van der Waals surface area contributed by atoms with E-state index in [4.69, 9.17) is 0 Å². The summed E-state index contributed by atoms with van der Waals surface area (Å²) in [7, 11) is 0. The van der Waals surface area contributed by atoms with E-state index < -0.39 is 0 Å². The van der Waals surface area contributed by atoms with E-state index in [1.54, 1.807) is 0 Å². The smallest absolute Gasteiger partial charge is 0.0686 e. The predicted molar refractivity (Wildman–Crippen MR) is 101 cm³/mol. The predicted octanol–water partition coefficient (Wildman–Crippen LogP) is 3.36. The van der Waals surface area contributed by atoms with Crippen molar-refractivity contribution in [2.24, 2.45) is 0 Å². The van der Waals surface area contributed by atoms with Gasteiger partial charge in [0.05, 0.1) is 0 Å². The minimum atomic E-state index is 0.253. The van der Waals surface area contributed by atoms with Crippen molar-refractivity contribution in [3.63, 3.8) is 0 Å². The fraction of sp³-hybridized carbons (Fsp3) is 0. The molecule has 0 saturated heterocycles. The van der Waals surface area contributed by atoms with E-state index in [0.717, 1.165) is 0 Å². The van der Waals surface area contributed by atoms with Gasteiger partial charge in [0, 0.05) is 0 Å². The van der Waals surface area contributed by atoms with E-state index in [9.17, 15) is 0 Å². The van der Waals surface area contributed by atoms with Crippen molar-refractivity contribution < 1.29 is 0 Å². The minimum Gasteiger partial charge on any atom is -0.0686 e. The third-order valence-electron chi connectivity index (χ3n) is 4.40. The van der Waals surface area contributed by atoms with Gasteiger partial charge in [-0.2, -0.15) is 0 Å². The molecule has 4 rings (SSSR count). The summed E-state index contributed by atoms with van der Waals surface area (Å²) in [6.45, 7) is 0.253. The Labute approximate surface area is 137 Å². The lowest BCUT2D eigenvalue weighted by molar-refractivity contribution is 1.72. The fourth-order valence-corrected chi connectivity index (χ4v) is 3.34. The van der Waals surface area contributed by atoms with E-state index in [1.807, 2.05) is 0 Å². The van der Waals surface area contributed by atoms with Gasteiger partial charge in [-0.15, -0.1) is 0 Å². The molecule has 4 aromatic rings. The number of rotatable bonds is 3. The highest BCUT2D eigenvalue weighted by Gasteiger charge is 2.22. The summed E-state index contributed by atoms with van der Waals surface area (Å²) in [6, 6.07) is 36.8. The molecule has 0 aliphatic heterocycles. The molecule has 0 aromatic heterocycles. The first-order chi connectivity index (χ1) is 11.4. The molecule has 0 saturated carbocycles. The average Bonchev–Trinajstić information content (AvgIpc) is 2.64. The van der Waals surface area contributed by atoms with E-state index in [1.165, 1.54) is 27.2 Å². The van der Waals surface area contributed by atoms with E-state index >= 15 is 0 Å². The summed E-state index contributed by atoms with van der Waals surface area (Å²) in [6.07, 6.45) is 0. The monoisotopic (exact) mass is 292 g/mol. The highest BCUT2D eigenvalue weighted by molar-refractivity contribution is 6.96. The summed E-state index contributed by atoms with van der Waals surface area (Å²) >= 11 is 0. The molecule has 1 heteroatoms. The van der Waals surface area contributed by atoms with Gasteiger partial charge in [0.1, 0.15) is 0 Å². The third-order valence-corrected chi connectivity index (χ3v) is 4.40. The average molecular weight is 292 g/mol. The molecule has 0 nitrogen and oxygen atoms in total. The molecule has 4 aromatic carbocycles. The van der Waals surface area contributed by atoms with Gasteiger partial charge >= 0.3 is 0 Å². The van der Waals surface area contributed by atoms with Crippen molar-refractivity contribution in [2.45, 2.75) is 0 Å². The molecule has 0 radical (unpaired) electrons. The second-order valence-electron chi connectivity index (χ2n) is 5.82. The van der Waals surface area contributed by atoms with Crippen LogP contribution in [0, 0.1) is 0 Å². The van der Waals surface area contributed by atoms with Crippen molar-refractivity contribution in [3.8, 4) is 0 Å². The molecule has 0 bridgehead atoms. The zero-order chi connectivity index (χ0) is 15.5. The number of benzene rings is 4. The zero-order valence-corrected chi connectivity index (χ0v) is 12.9. The van der Waals surface area contributed by atoms with Crippen LogP contribution in [0.25, 0.3) is 10.8 Å². The highest BCUT2D eigenvalue weighted by Crippen LogP contribution is 2.12. The van der Waals surface area contributed by atoms with Crippen LogP contribution in [0.5, 0.6) is 0 Å². The lowest BCUT2D eigenvalue weighted by Gasteiger charge is -2.17. The molecule has 0 N–H and O–H groups in total. The quantitative estimate of drug-likeness (QED) is 0.508. The molecule has 0 atom stereocenters. The van der Waals surface area contributed by atoms with Gasteiger partial charge in [0.15, 0.2) is 0 Å². The lowest BCUT2D eigenvalue weighted by Crippen LogP contribution is -2.52. The van der Waals surface area contributed by atoms with Crippen molar-refractivity contribution in [3.05, 3.63) is 103 Å². The van der Waals surface area contributed by atoms with Gasteiger partial charge in [-0.05, 0) is 10.8 Å². The summed E-state index contributed by atoms with van der Waals surface area (Å²) in [4.78, 5) is 0. The SMILES string of the molecule is c1ccc(B(c2ccccc2)c2cccc3ccccc23)cc1. The number of fused-ring (bicyclic) bond motifs is 1. The Morgan fingerprint density at radius 1 is 0.435 bits per heavy atom. The Morgan fingerprint density at radius 3 is 1.61 bits per heavy atom. The van der Waals surface area contributed by atoms with Crippen LogP contribution in [0.2, 0.25) is 0 Å². The molecular formula is C22H17B. The van der Waals surface area contributed by atoms with Crippen molar-refractivity contribution in [1.29, 1.82) is 0 Å². The largest absolute Gasteiger partial charge is 0.241 e. The molecule has 0 spiro atoms. The lowest BCUT2D eigenvalue weighted by atomic mass is 9.36. The van der Waals surface area contributed by atoms with Gasteiger partial charge < -0.3 is 0 Å². The maximum atomic E-state index is 2.26. The second kappa shape index (κ2) is 6.14. The molecule has 0 fully saturated rings. The topological polar surface area (TPSA) is 0 Å². The van der Waals surface area contributed by atoms with Gasteiger partial charge in [-0.3, -0.25) is 0 Å². The molecule has 0 amide bonds. The van der Waals surface area contributed by atoms with Crippen LogP contribution >= 0.6 is 0 Å². The maximum Gasteiger partial charge on any atom is 0.241 e. The van der Waals surface area contributed by atoms with E-state index in [-0.39, 0.29) is 6.71 Å². The Balaban J connectivity index is 1.98. The first-order valence-electron chi connectivity index (χ1n) is 8.01. The maximum absolute atomic E-state index is 2.26. The Kier molecular flexibility index (Phi) is 3.69. The van der Waals surface area contributed by atoms with Crippen molar-refractivity contribution >= 4 is 33.9 Å². The first-order valence-corrected chi connectivity index (χ1v) is 8.01. The Morgan fingerprint density at radius 2 is 0.957 bits per heavy atom. The Hall–Kier alpha value is -2.80. The summed E-state index contributed by atoms with van der Waals surface area (Å²) < 4.78 is 0. The van der Waals surface area contributed by atoms with Gasteiger partial charge in [-0.1, -0.05) is 120 Å². The van der Waals surface area contributed by atoms with Crippen LogP contribution in [-0.2, 0) is 0 Å². The highest BCUT2D eigenvalue weighted by atomic mass is 14.0. The van der Waals surface area contributed by atoms with Crippen LogP contribution in [0.4, 0.5) is 0 Å². The first kappa shape index (κ1) is 13.8. The third kappa shape index (κ3) is 2.66. The molecule has 108 valence electrons.